The molecule has 1 N–H and O–H groups in total. The Balaban J connectivity index is 1.23. The van der Waals surface area contributed by atoms with Gasteiger partial charge in [-0.25, -0.2) is 0 Å². The van der Waals surface area contributed by atoms with Crippen LogP contribution in [-0.4, -0.2) is 53.0 Å². The van der Waals surface area contributed by atoms with E-state index in [1.54, 1.807) is 30.6 Å². The topological polar surface area (TPSA) is 71.5 Å². The summed E-state index contributed by atoms with van der Waals surface area (Å²) in [5.41, 5.74) is 1.40. The van der Waals surface area contributed by atoms with Crippen LogP contribution in [0.1, 0.15) is 41.6 Å². The lowest BCUT2D eigenvalue weighted by Crippen LogP contribution is -2.47. The van der Waals surface area contributed by atoms with Crippen LogP contribution < -0.4 is 5.32 Å². The third kappa shape index (κ3) is 4.99. The molecular weight excluding hydrogens is 402 g/mol. The molecule has 1 aromatic carbocycles. The van der Waals surface area contributed by atoms with Crippen molar-refractivity contribution < 1.29 is 14.3 Å². The van der Waals surface area contributed by atoms with E-state index in [1.165, 1.54) is 0 Å². The molecule has 2 saturated heterocycles. The van der Waals surface area contributed by atoms with E-state index in [0.717, 1.165) is 31.2 Å². The van der Waals surface area contributed by atoms with E-state index in [1.807, 2.05) is 23.1 Å². The van der Waals surface area contributed by atoms with Crippen LogP contribution in [0.5, 0.6) is 0 Å². The van der Waals surface area contributed by atoms with E-state index < -0.39 is 0 Å². The van der Waals surface area contributed by atoms with Gasteiger partial charge in [-0.2, -0.15) is 0 Å². The molecule has 2 aliphatic heterocycles. The first-order valence-corrected chi connectivity index (χ1v) is 10.8. The van der Waals surface area contributed by atoms with Crippen LogP contribution in [0.4, 0.5) is 0 Å². The van der Waals surface area contributed by atoms with E-state index in [4.69, 9.17) is 16.3 Å². The van der Waals surface area contributed by atoms with Crippen molar-refractivity contribution >= 4 is 23.4 Å². The molecule has 0 aliphatic carbocycles. The second-order valence-corrected chi connectivity index (χ2v) is 8.54. The number of hydrogen-bond donors (Lipinski definition) is 1. The molecule has 1 aromatic heterocycles. The summed E-state index contributed by atoms with van der Waals surface area (Å²) >= 11 is 5.98. The van der Waals surface area contributed by atoms with Crippen molar-refractivity contribution in [3.05, 3.63) is 64.9 Å². The Morgan fingerprint density at radius 2 is 1.93 bits per heavy atom. The molecule has 0 saturated carbocycles. The predicted molar refractivity (Wildman–Crippen MR) is 114 cm³/mol. The Kier molecular flexibility index (Phi) is 6.35. The van der Waals surface area contributed by atoms with Gasteiger partial charge in [-0.1, -0.05) is 23.7 Å². The summed E-state index contributed by atoms with van der Waals surface area (Å²) in [4.78, 5) is 30.7. The molecule has 2 aliphatic rings. The van der Waals surface area contributed by atoms with Crippen LogP contribution in [0.25, 0.3) is 0 Å². The molecule has 1 spiro atoms. The number of pyridine rings is 1. The Bertz CT molecular complexity index is 898. The first kappa shape index (κ1) is 20.8. The summed E-state index contributed by atoms with van der Waals surface area (Å²) in [5, 5.41) is 3.62. The third-order valence-corrected chi connectivity index (χ3v) is 6.24. The zero-order chi connectivity index (χ0) is 21.0. The van der Waals surface area contributed by atoms with Crippen LogP contribution in [0.2, 0.25) is 5.02 Å². The van der Waals surface area contributed by atoms with Crippen molar-refractivity contribution in [3.63, 3.8) is 0 Å². The highest BCUT2D eigenvalue weighted by molar-refractivity contribution is 6.30. The fraction of sp³-hybridized carbons (Fsp3) is 0.435. The van der Waals surface area contributed by atoms with Gasteiger partial charge in [-0.15, -0.1) is 0 Å². The van der Waals surface area contributed by atoms with Gasteiger partial charge in [0.1, 0.15) is 0 Å². The first-order chi connectivity index (χ1) is 14.5. The number of benzene rings is 1. The predicted octanol–water partition coefficient (Wildman–Crippen LogP) is 3.25. The summed E-state index contributed by atoms with van der Waals surface area (Å²) in [6.45, 7) is 1.89. The maximum absolute atomic E-state index is 12.6. The van der Waals surface area contributed by atoms with Crippen molar-refractivity contribution in [2.24, 2.45) is 0 Å². The van der Waals surface area contributed by atoms with E-state index in [9.17, 15) is 9.59 Å². The number of carbonyl (C=O) groups is 2. The molecular formula is C23H26ClN3O3. The van der Waals surface area contributed by atoms with Crippen molar-refractivity contribution in [1.29, 1.82) is 0 Å². The molecule has 4 rings (SSSR count). The number of halogens is 1. The fourth-order valence-electron chi connectivity index (χ4n) is 4.32. The maximum Gasteiger partial charge on any atom is 0.253 e. The Morgan fingerprint density at radius 1 is 1.17 bits per heavy atom. The molecule has 6 nitrogen and oxygen atoms in total. The largest absolute Gasteiger partial charge is 0.370 e. The van der Waals surface area contributed by atoms with Crippen LogP contribution >= 0.6 is 11.6 Å². The van der Waals surface area contributed by atoms with Crippen molar-refractivity contribution in [2.45, 2.75) is 43.8 Å². The molecule has 0 unspecified atom stereocenters. The van der Waals surface area contributed by atoms with E-state index in [2.05, 4.69) is 10.3 Å². The minimum Gasteiger partial charge on any atom is -0.370 e. The normalized spacial score (nSPS) is 20.3. The molecule has 2 fully saturated rings. The second-order valence-electron chi connectivity index (χ2n) is 8.10. The number of ether oxygens (including phenoxy) is 1. The highest BCUT2D eigenvalue weighted by Crippen LogP contribution is 2.39. The summed E-state index contributed by atoms with van der Waals surface area (Å²) in [6, 6.07) is 10.9. The highest BCUT2D eigenvalue weighted by Gasteiger charge is 2.43. The first-order valence-electron chi connectivity index (χ1n) is 10.4. The van der Waals surface area contributed by atoms with Crippen molar-refractivity contribution in [2.75, 3.05) is 19.6 Å². The number of nitrogens with zero attached hydrogens (tertiary/aromatic N) is 2. The van der Waals surface area contributed by atoms with Crippen molar-refractivity contribution in [1.82, 2.24) is 15.2 Å². The standard InChI is InChI=1S/C23H26ClN3O3/c24-19-3-1-2-17(14-19)15-21(28)26-16-20-4-7-23(30-20)8-12-27(13-9-23)22(29)18-5-10-25-11-6-18/h1-3,5-6,10-11,14,20H,4,7-9,12-13,15-16H2,(H,26,28)/t20-/m1/s1. The quantitative estimate of drug-likeness (QED) is 0.795. The Labute approximate surface area is 181 Å². The van der Waals surface area contributed by atoms with Gasteiger partial charge in [0.25, 0.3) is 5.91 Å². The maximum atomic E-state index is 12.6. The number of aromatic nitrogens is 1. The smallest absolute Gasteiger partial charge is 0.253 e. The third-order valence-electron chi connectivity index (χ3n) is 6.01. The number of likely N-dealkylation sites (tertiary alicyclic amines) is 1. The summed E-state index contributed by atoms with van der Waals surface area (Å²) in [5.74, 6) is 0.0228. The molecule has 158 valence electrons. The minimum atomic E-state index is -0.169. The number of piperidine rings is 1. The zero-order valence-electron chi connectivity index (χ0n) is 16.9. The number of nitrogens with one attached hydrogen (secondary N) is 1. The number of amides is 2. The summed E-state index contributed by atoms with van der Waals surface area (Å²) in [7, 11) is 0. The van der Waals surface area contributed by atoms with Crippen LogP contribution in [0.15, 0.2) is 48.8 Å². The molecule has 30 heavy (non-hydrogen) atoms. The number of rotatable bonds is 5. The molecule has 7 heteroatoms. The molecule has 0 radical (unpaired) electrons. The second kappa shape index (κ2) is 9.14. The van der Waals surface area contributed by atoms with Gasteiger partial charge in [0.05, 0.1) is 18.1 Å². The Hall–Kier alpha value is -2.44. The van der Waals surface area contributed by atoms with E-state index in [-0.39, 0.29) is 23.5 Å². The number of carbonyl (C=O) groups excluding carboxylic acids is 2. The molecule has 2 aromatic rings. The molecule has 2 amide bonds. The molecule has 1 atom stereocenters. The number of hydrogen-bond acceptors (Lipinski definition) is 4. The van der Waals surface area contributed by atoms with Gasteiger partial charge in [0, 0.05) is 42.6 Å². The highest BCUT2D eigenvalue weighted by atomic mass is 35.5. The molecule has 3 heterocycles. The van der Waals surface area contributed by atoms with Gasteiger partial charge < -0.3 is 15.0 Å². The fourth-order valence-corrected chi connectivity index (χ4v) is 4.54. The monoisotopic (exact) mass is 427 g/mol. The average molecular weight is 428 g/mol. The summed E-state index contributed by atoms with van der Waals surface area (Å²) < 4.78 is 6.36. The van der Waals surface area contributed by atoms with Crippen molar-refractivity contribution in [3.8, 4) is 0 Å². The van der Waals surface area contributed by atoms with Gasteiger partial charge in [-0.05, 0) is 55.5 Å². The summed E-state index contributed by atoms with van der Waals surface area (Å²) in [6.07, 6.45) is 7.18. The van der Waals surface area contributed by atoms with E-state index in [0.29, 0.717) is 36.6 Å². The van der Waals surface area contributed by atoms with E-state index >= 15 is 0 Å². The SMILES string of the molecule is O=C(Cc1cccc(Cl)c1)NC[C@H]1CCC2(CCN(C(=O)c3ccncc3)CC2)O1. The molecule has 0 bridgehead atoms. The van der Waals surface area contributed by atoms with Crippen LogP contribution in [0.3, 0.4) is 0 Å². The Morgan fingerprint density at radius 3 is 2.67 bits per heavy atom. The van der Waals surface area contributed by atoms with Gasteiger partial charge >= 0.3 is 0 Å². The van der Waals surface area contributed by atoms with Gasteiger partial charge in [0.2, 0.25) is 5.91 Å². The zero-order valence-corrected chi connectivity index (χ0v) is 17.6. The van der Waals surface area contributed by atoms with Gasteiger partial charge in [0.15, 0.2) is 0 Å². The van der Waals surface area contributed by atoms with Gasteiger partial charge in [-0.3, -0.25) is 14.6 Å². The van der Waals surface area contributed by atoms with Crippen LogP contribution in [0, 0.1) is 0 Å². The van der Waals surface area contributed by atoms with Crippen LogP contribution in [-0.2, 0) is 16.0 Å². The lowest BCUT2D eigenvalue weighted by Gasteiger charge is -2.39. The minimum absolute atomic E-state index is 0.0239. The average Bonchev–Trinajstić information content (AvgIpc) is 3.15. The lowest BCUT2D eigenvalue weighted by atomic mass is 9.88. The lowest BCUT2D eigenvalue weighted by molar-refractivity contribution is -0.122.